The fraction of sp³-hybridized carbons (Fsp3) is 0.250. The maximum Gasteiger partial charge on any atom is 0.325 e. The average molecular weight is 351 g/mol. The number of amides is 1. The van der Waals surface area contributed by atoms with E-state index in [4.69, 9.17) is 4.74 Å². The summed E-state index contributed by atoms with van der Waals surface area (Å²) in [4.78, 5) is 31.2. The lowest BCUT2D eigenvalue weighted by molar-refractivity contribution is -0.143. The van der Waals surface area contributed by atoms with Crippen LogP contribution in [0.5, 0.6) is 0 Å². The van der Waals surface area contributed by atoms with Crippen LogP contribution >= 0.6 is 0 Å². The van der Waals surface area contributed by atoms with Crippen molar-refractivity contribution in [2.75, 3.05) is 13.2 Å². The second kappa shape index (κ2) is 7.82. The zero-order valence-corrected chi connectivity index (χ0v) is 14.9. The molecule has 2 heterocycles. The molecule has 0 aliphatic heterocycles. The van der Waals surface area contributed by atoms with Crippen molar-refractivity contribution in [3.05, 3.63) is 71.7 Å². The standard InChI is InChI=1S/C20H21N3O3/c1-3-26-18(24)14-22(13-16-9-5-4-6-10-16)20(25)19-15(2)21-17-11-7-8-12-23(17)19/h4-12H,3,13-14H2,1-2H3. The third-order valence-corrected chi connectivity index (χ3v) is 4.04. The molecule has 0 atom stereocenters. The van der Waals surface area contributed by atoms with Crippen molar-refractivity contribution in [2.45, 2.75) is 20.4 Å². The monoisotopic (exact) mass is 351 g/mol. The molecule has 6 heteroatoms. The van der Waals surface area contributed by atoms with Crippen molar-refractivity contribution < 1.29 is 14.3 Å². The Morgan fingerprint density at radius 1 is 1.12 bits per heavy atom. The van der Waals surface area contributed by atoms with E-state index in [1.807, 2.05) is 48.5 Å². The molecule has 1 aromatic carbocycles. The Kier molecular flexibility index (Phi) is 5.31. The van der Waals surface area contributed by atoms with Gasteiger partial charge in [-0.3, -0.25) is 14.0 Å². The fourth-order valence-electron chi connectivity index (χ4n) is 2.89. The third kappa shape index (κ3) is 3.74. The molecular weight excluding hydrogens is 330 g/mol. The van der Waals surface area contributed by atoms with E-state index >= 15 is 0 Å². The van der Waals surface area contributed by atoms with Crippen LogP contribution in [0.1, 0.15) is 28.7 Å². The molecule has 1 amide bonds. The number of pyridine rings is 1. The first kappa shape index (κ1) is 17.7. The van der Waals surface area contributed by atoms with Crippen LogP contribution in [0.4, 0.5) is 0 Å². The van der Waals surface area contributed by atoms with E-state index in [1.165, 1.54) is 4.90 Å². The van der Waals surface area contributed by atoms with Crippen molar-refractivity contribution in [1.82, 2.24) is 14.3 Å². The second-order valence-corrected chi connectivity index (χ2v) is 5.93. The van der Waals surface area contributed by atoms with Crippen molar-refractivity contribution in [1.29, 1.82) is 0 Å². The Bertz CT molecular complexity index is 918. The lowest BCUT2D eigenvalue weighted by atomic mass is 10.2. The molecule has 6 nitrogen and oxygen atoms in total. The lowest BCUT2D eigenvalue weighted by Crippen LogP contribution is -2.37. The zero-order valence-electron chi connectivity index (χ0n) is 14.9. The lowest BCUT2D eigenvalue weighted by Gasteiger charge is -2.22. The maximum absolute atomic E-state index is 13.2. The van der Waals surface area contributed by atoms with Gasteiger partial charge in [0.2, 0.25) is 0 Å². The molecule has 0 bridgehead atoms. The molecule has 0 saturated heterocycles. The minimum atomic E-state index is -0.428. The highest BCUT2D eigenvalue weighted by atomic mass is 16.5. The Morgan fingerprint density at radius 2 is 1.85 bits per heavy atom. The Balaban J connectivity index is 1.95. The number of fused-ring (bicyclic) bond motifs is 1. The maximum atomic E-state index is 13.2. The smallest absolute Gasteiger partial charge is 0.325 e. The number of benzene rings is 1. The number of aromatic nitrogens is 2. The number of imidazole rings is 1. The highest BCUT2D eigenvalue weighted by Gasteiger charge is 2.25. The number of carbonyl (C=O) groups is 2. The molecule has 0 fully saturated rings. The molecule has 0 radical (unpaired) electrons. The van der Waals surface area contributed by atoms with Crippen LogP contribution in [0.3, 0.4) is 0 Å². The van der Waals surface area contributed by atoms with Crippen LogP contribution in [0.25, 0.3) is 5.65 Å². The van der Waals surface area contributed by atoms with Crippen LogP contribution in [-0.4, -0.2) is 39.3 Å². The molecule has 0 aliphatic rings. The van der Waals surface area contributed by atoms with Crippen molar-refractivity contribution in [2.24, 2.45) is 0 Å². The van der Waals surface area contributed by atoms with Crippen LogP contribution in [0, 0.1) is 6.92 Å². The number of hydrogen-bond donors (Lipinski definition) is 0. The summed E-state index contributed by atoms with van der Waals surface area (Å²) in [5, 5.41) is 0. The highest BCUT2D eigenvalue weighted by molar-refractivity contribution is 5.96. The van der Waals surface area contributed by atoms with Crippen LogP contribution in [0.2, 0.25) is 0 Å². The van der Waals surface area contributed by atoms with Gasteiger partial charge in [-0.15, -0.1) is 0 Å². The van der Waals surface area contributed by atoms with Gasteiger partial charge >= 0.3 is 5.97 Å². The third-order valence-electron chi connectivity index (χ3n) is 4.04. The van der Waals surface area contributed by atoms with Gasteiger partial charge in [0.05, 0.1) is 12.3 Å². The van der Waals surface area contributed by atoms with E-state index in [0.717, 1.165) is 5.56 Å². The Labute approximate surface area is 152 Å². The number of nitrogens with zero attached hydrogens (tertiary/aromatic N) is 3. The molecule has 26 heavy (non-hydrogen) atoms. The van der Waals surface area contributed by atoms with Crippen LogP contribution in [-0.2, 0) is 16.1 Å². The van der Waals surface area contributed by atoms with Gasteiger partial charge in [-0.25, -0.2) is 4.98 Å². The summed E-state index contributed by atoms with van der Waals surface area (Å²) in [5.41, 5.74) is 2.73. The molecular formula is C20H21N3O3. The van der Waals surface area contributed by atoms with Crippen molar-refractivity contribution in [3.63, 3.8) is 0 Å². The first-order chi connectivity index (χ1) is 12.6. The molecule has 3 rings (SSSR count). The first-order valence-corrected chi connectivity index (χ1v) is 8.52. The molecule has 0 aliphatic carbocycles. The molecule has 0 unspecified atom stereocenters. The summed E-state index contributed by atoms with van der Waals surface area (Å²) in [6.07, 6.45) is 1.80. The number of hydrogen-bond acceptors (Lipinski definition) is 4. The molecule has 0 spiro atoms. The average Bonchev–Trinajstić information content (AvgIpc) is 2.97. The molecule has 3 aromatic rings. The zero-order chi connectivity index (χ0) is 18.5. The topological polar surface area (TPSA) is 63.9 Å². The molecule has 2 aromatic heterocycles. The van der Waals surface area contributed by atoms with E-state index < -0.39 is 5.97 Å². The largest absolute Gasteiger partial charge is 0.465 e. The summed E-state index contributed by atoms with van der Waals surface area (Å²) in [7, 11) is 0. The van der Waals surface area contributed by atoms with E-state index in [-0.39, 0.29) is 19.1 Å². The molecule has 0 saturated carbocycles. The van der Waals surface area contributed by atoms with Gasteiger partial charge in [-0.2, -0.15) is 0 Å². The van der Waals surface area contributed by atoms with Gasteiger partial charge in [0.15, 0.2) is 0 Å². The van der Waals surface area contributed by atoms with Gasteiger partial charge in [0, 0.05) is 12.7 Å². The molecule has 0 N–H and O–H groups in total. The normalized spacial score (nSPS) is 10.7. The number of esters is 1. The van der Waals surface area contributed by atoms with Gasteiger partial charge in [0.1, 0.15) is 17.9 Å². The predicted molar refractivity (Wildman–Crippen MR) is 97.7 cm³/mol. The van der Waals surface area contributed by atoms with Crippen molar-refractivity contribution >= 4 is 17.5 Å². The number of ether oxygens (including phenoxy) is 1. The summed E-state index contributed by atoms with van der Waals surface area (Å²) in [5.74, 6) is -0.679. The summed E-state index contributed by atoms with van der Waals surface area (Å²) >= 11 is 0. The number of rotatable bonds is 6. The van der Waals surface area contributed by atoms with Gasteiger partial charge in [-0.05, 0) is 31.5 Å². The van der Waals surface area contributed by atoms with E-state index in [0.29, 0.717) is 23.6 Å². The second-order valence-electron chi connectivity index (χ2n) is 5.93. The highest BCUT2D eigenvalue weighted by Crippen LogP contribution is 2.16. The molecule has 134 valence electrons. The van der Waals surface area contributed by atoms with E-state index in [1.54, 1.807) is 24.4 Å². The van der Waals surface area contributed by atoms with Crippen LogP contribution in [0.15, 0.2) is 54.7 Å². The SMILES string of the molecule is CCOC(=O)CN(Cc1ccccc1)C(=O)c1c(C)nc2ccccn12. The summed E-state index contributed by atoms with van der Waals surface area (Å²) in [6, 6.07) is 15.1. The van der Waals surface area contributed by atoms with E-state index in [2.05, 4.69) is 4.98 Å². The van der Waals surface area contributed by atoms with E-state index in [9.17, 15) is 9.59 Å². The van der Waals surface area contributed by atoms with Gasteiger partial charge in [0.25, 0.3) is 5.91 Å². The quantitative estimate of drug-likeness (QED) is 0.641. The summed E-state index contributed by atoms with van der Waals surface area (Å²) < 4.78 is 6.79. The predicted octanol–water partition coefficient (Wildman–Crippen LogP) is 2.85. The summed E-state index contributed by atoms with van der Waals surface area (Å²) in [6.45, 7) is 4.03. The minimum absolute atomic E-state index is 0.110. The number of carbonyl (C=O) groups excluding carboxylic acids is 2. The van der Waals surface area contributed by atoms with Crippen molar-refractivity contribution in [3.8, 4) is 0 Å². The first-order valence-electron chi connectivity index (χ1n) is 8.52. The van der Waals surface area contributed by atoms with Gasteiger partial charge < -0.3 is 9.64 Å². The fourth-order valence-corrected chi connectivity index (χ4v) is 2.89. The Hall–Kier alpha value is -3.15. The van der Waals surface area contributed by atoms with Gasteiger partial charge in [-0.1, -0.05) is 36.4 Å². The Morgan fingerprint density at radius 3 is 2.58 bits per heavy atom. The number of aryl methyl sites for hydroxylation is 1. The minimum Gasteiger partial charge on any atom is -0.465 e. The van der Waals surface area contributed by atoms with Crippen LogP contribution < -0.4 is 0 Å².